The van der Waals surface area contributed by atoms with Crippen LogP contribution in [0.1, 0.15) is 17.5 Å². The van der Waals surface area contributed by atoms with E-state index in [2.05, 4.69) is 33.3 Å². The highest BCUT2D eigenvalue weighted by molar-refractivity contribution is 6.34. The number of methoxy groups -OCH3 is 1. The van der Waals surface area contributed by atoms with E-state index in [0.717, 1.165) is 58.0 Å². The van der Waals surface area contributed by atoms with Crippen molar-refractivity contribution in [3.8, 4) is 5.75 Å². The predicted octanol–water partition coefficient (Wildman–Crippen LogP) is 2.81. The van der Waals surface area contributed by atoms with Crippen LogP contribution in [-0.2, 0) is 17.8 Å². The summed E-state index contributed by atoms with van der Waals surface area (Å²) in [5.74, 6) is 0.967. The number of rotatable bonds is 8. The van der Waals surface area contributed by atoms with Crippen LogP contribution in [-0.4, -0.2) is 85.1 Å². The van der Waals surface area contributed by atoms with Crippen molar-refractivity contribution in [1.82, 2.24) is 20.0 Å². The summed E-state index contributed by atoms with van der Waals surface area (Å²) in [5, 5.41) is 3.38. The van der Waals surface area contributed by atoms with Crippen LogP contribution in [0.25, 0.3) is 0 Å². The van der Waals surface area contributed by atoms with Gasteiger partial charge in [0.15, 0.2) is 5.00 Å². The van der Waals surface area contributed by atoms with Crippen molar-refractivity contribution >= 4 is 17.5 Å². The number of carbonyl (C=O) groups excluding carboxylic acids is 1. The summed E-state index contributed by atoms with van der Waals surface area (Å²) in [6, 6.07) is 18.4. The Bertz CT molecular complexity index is 898. The molecule has 6 nitrogen and oxygen atoms in total. The summed E-state index contributed by atoms with van der Waals surface area (Å²) in [4.78, 5) is 19.3. The molecule has 7 heteroatoms. The molecule has 0 aliphatic carbocycles. The van der Waals surface area contributed by atoms with Crippen LogP contribution in [0.2, 0.25) is 0 Å². The van der Waals surface area contributed by atoms with E-state index in [-0.39, 0.29) is 5.91 Å². The van der Waals surface area contributed by atoms with Crippen LogP contribution in [0.4, 0.5) is 0 Å². The lowest BCUT2D eigenvalue weighted by Gasteiger charge is -2.44. The molecule has 2 aromatic rings. The molecule has 0 saturated carbocycles. The topological polar surface area (TPSA) is 48.1 Å². The van der Waals surface area contributed by atoms with Gasteiger partial charge in [-0.05, 0) is 24.5 Å². The third-order valence-corrected chi connectivity index (χ3v) is 7.37. The van der Waals surface area contributed by atoms with Gasteiger partial charge >= 0.3 is 0 Å². The largest absolute Gasteiger partial charge is 0.496 e. The first-order valence-corrected chi connectivity index (χ1v) is 12.3. The zero-order valence-corrected chi connectivity index (χ0v) is 20.3. The number of halogens is 1. The summed E-state index contributed by atoms with van der Waals surface area (Å²) < 4.78 is 5.50. The standard InChI is InChI=1S/C26H35ClN4O2/c1-33-24-10-6-5-9-23(24)21-29-17-19-30(20-18-29)25(32)26(27,31-15-13-28-14-16-31)12-11-22-7-3-2-4-8-22/h2-10,28H,11-21H2,1H3. The molecule has 1 atom stereocenters. The van der Waals surface area contributed by atoms with Gasteiger partial charge in [0.25, 0.3) is 5.91 Å². The van der Waals surface area contributed by atoms with Gasteiger partial charge in [0.2, 0.25) is 0 Å². The third kappa shape index (κ3) is 5.87. The number of amides is 1. The van der Waals surface area contributed by atoms with E-state index in [4.69, 9.17) is 16.3 Å². The number of hydrogen-bond acceptors (Lipinski definition) is 5. The van der Waals surface area contributed by atoms with E-state index in [1.807, 2.05) is 41.3 Å². The zero-order valence-electron chi connectivity index (χ0n) is 19.5. The molecule has 2 aliphatic heterocycles. The summed E-state index contributed by atoms with van der Waals surface area (Å²) in [5.41, 5.74) is 2.39. The van der Waals surface area contributed by atoms with Crippen LogP contribution in [0.3, 0.4) is 0 Å². The predicted molar refractivity (Wildman–Crippen MR) is 133 cm³/mol. The van der Waals surface area contributed by atoms with E-state index < -0.39 is 5.00 Å². The molecule has 2 heterocycles. The van der Waals surface area contributed by atoms with E-state index in [9.17, 15) is 4.79 Å². The van der Waals surface area contributed by atoms with Crippen molar-refractivity contribution in [2.75, 3.05) is 59.5 Å². The number of carbonyl (C=O) groups is 1. The molecule has 0 spiro atoms. The van der Waals surface area contributed by atoms with Gasteiger partial charge in [-0.25, -0.2) is 0 Å². The molecule has 2 fully saturated rings. The van der Waals surface area contributed by atoms with E-state index in [1.54, 1.807) is 7.11 Å². The molecule has 1 amide bonds. The second-order valence-electron chi connectivity index (χ2n) is 8.86. The molecule has 4 rings (SSSR count). The van der Waals surface area contributed by atoms with Crippen molar-refractivity contribution in [2.45, 2.75) is 24.4 Å². The molecule has 2 aromatic carbocycles. The maximum atomic E-state index is 13.8. The van der Waals surface area contributed by atoms with Gasteiger partial charge in [-0.3, -0.25) is 14.6 Å². The number of piperazine rings is 2. The Kier molecular flexibility index (Phi) is 8.25. The lowest BCUT2D eigenvalue weighted by atomic mass is 10.0. The number of benzene rings is 2. The Balaban J connectivity index is 1.40. The molecule has 2 saturated heterocycles. The fraction of sp³-hybridized carbons (Fsp3) is 0.500. The Labute approximate surface area is 202 Å². The third-order valence-electron chi connectivity index (χ3n) is 6.78. The van der Waals surface area contributed by atoms with Crippen LogP contribution >= 0.6 is 11.6 Å². The second kappa shape index (κ2) is 11.3. The number of aryl methyl sites for hydroxylation is 1. The first-order chi connectivity index (χ1) is 16.1. The average Bonchev–Trinajstić information content (AvgIpc) is 2.89. The molecule has 1 unspecified atom stereocenters. The van der Waals surface area contributed by atoms with Crippen molar-refractivity contribution in [2.24, 2.45) is 0 Å². The average molecular weight is 471 g/mol. The Hall–Kier alpha value is -2.12. The quantitative estimate of drug-likeness (QED) is 0.475. The molecule has 0 aromatic heterocycles. The number of alkyl halides is 1. The Morgan fingerprint density at radius 3 is 2.33 bits per heavy atom. The summed E-state index contributed by atoms with van der Waals surface area (Å²) in [7, 11) is 1.71. The molecule has 0 bridgehead atoms. The zero-order chi connectivity index (χ0) is 23.1. The van der Waals surface area contributed by atoms with E-state index >= 15 is 0 Å². The van der Waals surface area contributed by atoms with Crippen LogP contribution < -0.4 is 10.1 Å². The lowest BCUT2D eigenvalue weighted by molar-refractivity contribution is -0.142. The van der Waals surface area contributed by atoms with Gasteiger partial charge in [0.1, 0.15) is 5.75 Å². The molecule has 1 N–H and O–H groups in total. The number of nitrogens with zero attached hydrogens (tertiary/aromatic N) is 3. The molecular weight excluding hydrogens is 436 g/mol. The minimum Gasteiger partial charge on any atom is -0.496 e. The van der Waals surface area contributed by atoms with Gasteiger partial charge in [0.05, 0.1) is 7.11 Å². The first-order valence-electron chi connectivity index (χ1n) is 11.9. The summed E-state index contributed by atoms with van der Waals surface area (Å²) >= 11 is 7.23. The van der Waals surface area contributed by atoms with Crippen LogP contribution in [0, 0.1) is 0 Å². The van der Waals surface area contributed by atoms with E-state index in [0.29, 0.717) is 19.5 Å². The van der Waals surface area contributed by atoms with E-state index in [1.165, 1.54) is 11.1 Å². The minimum absolute atomic E-state index is 0.0546. The normalized spacial score (nSPS) is 19.8. The maximum absolute atomic E-state index is 13.8. The van der Waals surface area contributed by atoms with Crippen LogP contribution in [0.5, 0.6) is 5.75 Å². The highest BCUT2D eigenvalue weighted by atomic mass is 35.5. The molecule has 2 aliphatic rings. The van der Waals surface area contributed by atoms with Crippen molar-refractivity contribution in [3.63, 3.8) is 0 Å². The lowest BCUT2D eigenvalue weighted by Crippen LogP contribution is -2.63. The van der Waals surface area contributed by atoms with Gasteiger partial charge in [-0.2, -0.15) is 0 Å². The molecular formula is C26H35ClN4O2. The number of hydrogen-bond donors (Lipinski definition) is 1. The number of ether oxygens (including phenoxy) is 1. The SMILES string of the molecule is COc1ccccc1CN1CCN(C(=O)C(Cl)(CCc2ccccc2)N2CCNCC2)CC1. The van der Waals surface area contributed by atoms with Crippen molar-refractivity contribution in [1.29, 1.82) is 0 Å². The monoisotopic (exact) mass is 470 g/mol. The molecule has 33 heavy (non-hydrogen) atoms. The highest BCUT2D eigenvalue weighted by Gasteiger charge is 2.45. The number of para-hydroxylation sites is 1. The smallest absolute Gasteiger partial charge is 0.258 e. The van der Waals surface area contributed by atoms with Crippen LogP contribution in [0.15, 0.2) is 54.6 Å². The number of nitrogens with one attached hydrogen (secondary N) is 1. The van der Waals surface area contributed by atoms with Gasteiger partial charge < -0.3 is 15.0 Å². The van der Waals surface area contributed by atoms with Crippen molar-refractivity contribution < 1.29 is 9.53 Å². The first kappa shape index (κ1) is 24.0. The Morgan fingerprint density at radius 1 is 0.970 bits per heavy atom. The maximum Gasteiger partial charge on any atom is 0.258 e. The second-order valence-corrected chi connectivity index (χ2v) is 9.49. The minimum atomic E-state index is -0.997. The Morgan fingerprint density at radius 2 is 1.64 bits per heavy atom. The van der Waals surface area contributed by atoms with Gasteiger partial charge in [-0.1, -0.05) is 60.1 Å². The molecule has 178 valence electrons. The van der Waals surface area contributed by atoms with Gasteiger partial charge in [-0.15, -0.1) is 0 Å². The fourth-order valence-corrected chi connectivity index (χ4v) is 5.18. The molecule has 0 radical (unpaired) electrons. The van der Waals surface area contributed by atoms with Crippen molar-refractivity contribution in [3.05, 3.63) is 65.7 Å². The summed E-state index contributed by atoms with van der Waals surface area (Å²) in [6.45, 7) is 7.17. The van der Waals surface area contributed by atoms with Gasteiger partial charge in [0, 0.05) is 64.5 Å². The highest BCUT2D eigenvalue weighted by Crippen LogP contribution is 2.31. The fourth-order valence-electron chi connectivity index (χ4n) is 4.80. The summed E-state index contributed by atoms with van der Waals surface area (Å²) in [6.07, 6.45) is 1.40.